The van der Waals surface area contributed by atoms with Crippen LogP contribution < -0.4 is 4.90 Å². The quantitative estimate of drug-likeness (QED) is 0.577. The minimum atomic E-state index is -0.709. The Morgan fingerprint density at radius 3 is 1.97 bits per heavy atom. The molecule has 5 heteroatoms. The fourth-order valence-electron chi connectivity index (χ4n) is 5.50. The predicted octanol–water partition coefficient (Wildman–Crippen LogP) is 4.47. The number of hydrogen-bond donors (Lipinski definition) is 0. The van der Waals surface area contributed by atoms with Crippen LogP contribution >= 0.6 is 0 Å². The smallest absolute Gasteiger partial charge is 0.312 e. The van der Waals surface area contributed by atoms with Crippen molar-refractivity contribution in [1.29, 1.82) is 0 Å². The summed E-state index contributed by atoms with van der Waals surface area (Å²) in [4.78, 5) is 28.7. The Morgan fingerprint density at radius 2 is 1.28 bits per heavy atom. The Kier molecular flexibility index (Phi) is 5.17. The number of rotatable bonds is 3. The Hall–Kier alpha value is -3.60. The van der Waals surface area contributed by atoms with Gasteiger partial charge in [0.05, 0.1) is 38.1 Å². The molecule has 0 aromatic heterocycles. The van der Waals surface area contributed by atoms with Gasteiger partial charge in [0, 0.05) is 5.69 Å². The number of methoxy groups -OCH3 is 2. The molecule has 162 valence electrons. The molecule has 2 heterocycles. The van der Waals surface area contributed by atoms with Crippen LogP contribution in [0.25, 0.3) is 0 Å². The molecule has 3 aromatic carbocycles. The molecule has 32 heavy (non-hydrogen) atoms. The first-order valence-corrected chi connectivity index (χ1v) is 10.8. The summed E-state index contributed by atoms with van der Waals surface area (Å²) in [6.07, 6.45) is 0.762. The van der Waals surface area contributed by atoms with Crippen molar-refractivity contribution in [2.45, 2.75) is 18.5 Å². The highest BCUT2D eigenvalue weighted by atomic mass is 16.5. The van der Waals surface area contributed by atoms with Gasteiger partial charge in [0.15, 0.2) is 0 Å². The molecule has 0 saturated carbocycles. The van der Waals surface area contributed by atoms with E-state index in [0.29, 0.717) is 0 Å². The zero-order valence-corrected chi connectivity index (χ0v) is 18.1. The van der Waals surface area contributed by atoms with Crippen molar-refractivity contribution >= 4 is 17.6 Å². The Labute approximate surface area is 187 Å². The van der Waals surface area contributed by atoms with Crippen LogP contribution in [0.3, 0.4) is 0 Å². The van der Waals surface area contributed by atoms with Crippen LogP contribution in [0.15, 0.2) is 78.9 Å². The van der Waals surface area contributed by atoms with E-state index in [0.717, 1.165) is 34.4 Å². The maximum atomic E-state index is 13.3. The molecule has 1 saturated heterocycles. The van der Waals surface area contributed by atoms with Gasteiger partial charge in [-0.3, -0.25) is 9.59 Å². The van der Waals surface area contributed by atoms with Crippen LogP contribution in [0.1, 0.15) is 34.3 Å². The number of ether oxygens (including phenoxy) is 2. The lowest BCUT2D eigenvalue weighted by Gasteiger charge is -2.34. The number of fused-ring (bicyclic) bond motifs is 5. The van der Waals surface area contributed by atoms with Gasteiger partial charge in [-0.1, -0.05) is 72.8 Å². The molecule has 0 radical (unpaired) electrons. The maximum absolute atomic E-state index is 13.3. The summed E-state index contributed by atoms with van der Waals surface area (Å²) >= 11 is 0. The third-order valence-corrected chi connectivity index (χ3v) is 6.78. The van der Waals surface area contributed by atoms with Gasteiger partial charge in [-0.15, -0.1) is 0 Å². The first-order chi connectivity index (χ1) is 15.7. The van der Waals surface area contributed by atoms with Crippen LogP contribution in [-0.2, 0) is 25.5 Å². The van der Waals surface area contributed by atoms with Crippen molar-refractivity contribution < 1.29 is 19.1 Å². The van der Waals surface area contributed by atoms with E-state index < -0.39 is 23.8 Å². The van der Waals surface area contributed by atoms with Gasteiger partial charge in [-0.05, 0) is 34.7 Å². The molecule has 0 bridgehead atoms. The molecule has 0 aliphatic carbocycles. The first-order valence-electron chi connectivity index (χ1n) is 10.8. The van der Waals surface area contributed by atoms with Crippen molar-refractivity contribution in [1.82, 2.24) is 0 Å². The van der Waals surface area contributed by atoms with Crippen LogP contribution in [-0.4, -0.2) is 26.2 Å². The third kappa shape index (κ3) is 3.08. The monoisotopic (exact) mass is 427 g/mol. The molecule has 0 unspecified atom stereocenters. The van der Waals surface area contributed by atoms with Crippen LogP contribution in [0, 0.1) is 11.8 Å². The lowest BCUT2D eigenvalue weighted by atomic mass is 9.81. The number of carbonyl (C=O) groups is 2. The standard InChI is InChI=1S/C27H25NO4/c1-31-26(29)22-23(27(30)32-2)25-20-14-8-6-12-18(20)16-19-13-7-9-15-21(19)28(25)24(22)17-10-4-3-5-11-17/h3-15,22-25H,16H2,1-2H3/t22-,23-,24-,25+/m1/s1. The number of nitrogens with zero attached hydrogens (tertiary/aromatic N) is 1. The molecule has 2 aliphatic heterocycles. The number of anilines is 1. The fourth-order valence-corrected chi connectivity index (χ4v) is 5.50. The summed E-state index contributed by atoms with van der Waals surface area (Å²) in [7, 11) is 2.76. The zero-order chi connectivity index (χ0) is 22.2. The maximum Gasteiger partial charge on any atom is 0.312 e. The normalized spacial score (nSPS) is 23.4. The Morgan fingerprint density at radius 1 is 0.719 bits per heavy atom. The summed E-state index contributed by atoms with van der Waals surface area (Å²) in [5, 5.41) is 0. The summed E-state index contributed by atoms with van der Waals surface area (Å²) < 4.78 is 10.5. The minimum absolute atomic E-state index is 0.350. The zero-order valence-electron chi connectivity index (χ0n) is 18.1. The van der Waals surface area contributed by atoms with E-state index in [9.17, 15) is 9.59 Å². The topological polar surface area (TPSA) is 55.8 Å². The second-order valence-electron chi connectivity index (χ2n) is 8.31. The number of carbonyl (C=O) groups excluding carboxylic acids is 2. The summed E-state index contributed by atoms with van der Waals surface area (Å²) in [5.41, 5.74) is 5.36. The predicted molar refractivity (Wildman–Crippen MR) is 121 cm³/mol. The van der Waals surface area contributed by atoms with Gasteiger partial charge < -0.3 is 14.4 Å². The molecular weight excluding hydrogens is 402 g/mol. The molecule has 1 fully saturated rings. The summed E-state index contributed by atoms with van der Waals surface area (Å²) in [6, 6.07) is 25.6. The van der Waals surface area contributed by atoms with E-state index in [2.05, 4.69) is 29.2 Å². The van der Waals surface area contributed by atoms with E-state index in [1.807, 2.05) is 54.6 Å². The Bertz CT molecular complexity index is 1160. The summed E-state index contributed by atoms with van der Waals surface area (Å²) in [5.74, 6) is -2.22. The molecule has 3 aromatic rings. The number of hydrogen-bond acceptors (Lipinski definition) is 5. The first kappa shape index (κ1) is 20.3. The molecule has 4 atom stereocenters. The van der Waals surface area contributed by atoms with E-state index in [1.54, 1.807) is 0 Å². The number of benzene rings is 3. The molecule has 5 rings (SSSR count). The average Bonchev–Trinajstić information content (AvgIpc) is 3.12. The van der Waals surface area contributed by atoms with Crippen molar-refractivity contribution in [3.05, 3.63) is 101 Å². The van der Waals surface area contributed by atoms with Gasteiger partial charge in [0.25, 0.3) is 0 Å². The van der Waals surface area contributed by atoms with Crippen molar-refractivity contribution in [3.8, 4) is 0 Å². The van der Waals surface area contributed by atoms with Gasteiger partial charge in [0.2, 0.25) is 0 Å². The van der Waals surface area contributed by atoms with E-state index in [-0.39, 0.29) is 12.1 Å². The highest BCUT2D eigenvalue weighted by molar-refractivity contribution is 5.87. The van der Waals surface area contributed by atoms with Gasteiger partial charge in [-0.2, -0.15) is 0 Å². The summed E-state index contributed by atoms with van der Waals surface area (Å²) in [6.45, 7) is 0. The van der Waals surface area contributed by atoms with Gasteiger partial charge in [-0.25, -0.2) is 0 Å². The second-order valence-corrected chi connectivity index (χ2v) is 8.31. The third-order valence-electron chi connectivity index (χ3n) is 6.78. The SMILES string of the molecule is COC(=O)[C@@H]1[C@@H](C(=O)OC)[C@@H]2c3ccccc3Cc3ccccc3N2[C@@H]1c1ccccc1. The molecule has 5 nitrogen and oxygen atoms in total. The van der Waals surface area contributed by atoms with Crippen molar-refractivity contribution in [3.63, 3.8) is 0 Å². The van der Waals surface area contributed by atoms with Crippen LogP contribution in [0.2, 0.25) is 0 Å². The number of esters is 2. The molecule has 2 aliphatic rings. The largest absolute Gasteiger partial charge is 0.469 e. The van der Waals surface area contributed by atoms with Crippen LogP contribution in [0.5, 0.6) is 0 Å². The fraction of sp³-hybridized carbons (Fsp3) is 0.259. The highest BCUT2D eigenvalue weighted by Gasteiger charge is 2.58. The van der Waals surface area contributed by atoms with Gasteiger partial charge >= 0.3 is 11.9 Å². The molecule has 0 amide bonds. The number of para-hydroxylation sites is 1. The second kappa shape index (κ2) is 8.15. The average molecular weight is 428 g/mol. The van der Waals surface area contributed by atoms with E-state index in [1.165, 1.54) is 14.2 Å². The van der Waals surface area contributed by atoms with Crippen molar-refractivity contribution in [2.24, 2.45) is 11.8 Å². The van der Waals surface area contributed by atoms with Gasteiger partial charge in [0.1, 0.15) is 0 Å². The van der Waals surface area contributed by atoms with E-state index in [4.69, 9.17) is 9.47 Å². The lowest BCUT2D eigenvalue weighted by Crippen LogP contribution is -2.32. The molecule has 0 spiro atoms. The highest BCUT2D eigenvalue weighted by Crippen LogP contribution is 2.57. The Balaban J connectivity index is 1.83. The molecular formula is C27H25NO4. The van der Waals surface area contributed by atoms with Crippen molar-refractivity contribution in [2.75, 3.05) is 19.1 Å². The van der Waals surface area contributed by atoms with Crippen LogP contribution in [0.4, 0.5) is 5.69 Å². The molecule has 0 N–H and O–H groups in total. The minimum Gasteiger partial charge on any atom is -0.469 e. The lowest BCUT2D eigenvalue weighted by molar-refractivity contribution is -0.157. The van der Waals surface area contributed by atoms with E-state index >= 15 is 0 Å².